The molecule has 0 atom stereocenters. The summed E-state index contributed by atoms with van der Waals surface area (Å²) in [7, 11) is 0. The van der Waals surface area contributed by atoms with Gasteiger partial charge in [-0.25, -0.2) is 0 Å². The fourth-order valence-corrected chi connectivity index (χ4v) is 1.58. The second kappa shape index (κ2) is 6.17. The van der Waals surface area contributed by atoms with Gasteiger partial charge in [-0.3, -0.25) is 10.1 Å². The maximum atomic E-state index is 10.5. The van der Waals surface area contributed by atoms with Crippen molar-refractivity contribution in [1.29, 1.82) is 0 Å². The molecule has 0 saturated carbocycles. The van der Waals surface area contributed by atoms with Crippen LogP contribution in [0.4, 0.5) is 5.69 Å². The Balaban J connectivity index is 2.47. The van der Waals surface area contributed by atoms with Crippen molar-refractivity contribution in [2.75, 3.05) is 0 Å². The molecule has 0 heterocycles. The van der Waals surface area contributed by atoms with E-state index in [1.165, 1.54) is 25.3 Å². The number of nitrogens with zero attached hydrogens (tertiary/aromatic N) is 1. The maximum absolute atomic E-state index is 10.5. The summed E-state index contributed by atoms with van der Waals surface area (Å²) in [6, 6.07) is 6.92. The third-order valence-electron chi connectivity index (χ3n) is 2.44. The summed E-state index contributed by atoms with van der Waals surface area (Å²) < 4.78 is 0. The molecule has 0 radical (unpaired) electrons. The van der Waals surface area contributed by atoms with Crippen LogP contribution in [-0.4, -0.2) is 4.92 Å². The molecule has 1 aromatic carbocycles. The summed E-state index contributed by atoms with van der Waals surface area (Å²) >= 11 is 0. The largest absolute Gasteiger partial charge is 0.269 e. The van der Waals surface area contributed by atoms with Crippen LogP contribution in [0.5, 0.6) is 0 Å². The highest BCUT2D eigenvalue weighted by atomic mass is 16.6. The fraction of sp³-hybridized carbons (Fsp3) is 0.500. The fourth-order valence-electron chi connectivity index (χ4n) is 1.58. The van der Waals surface area contributed by atoms with Crippen LogP contribution in [0.25, 0.3) is 0 Å². The number of benzene rings is 1. The van der Waals surface area contributed by atoms with Crippen molar-refractivity contribution in [3.05, 3.63) is 39.9 Å². The van der Waals surface area contributed by atoms with Gasteiger partial charge in [-0.2, -0.15) is 0 Å². The summed E-state index contributed by atoms with van der Waals surface area (Å²) in [6.07, 6.45) is 5.74. The molecule has 1 rings (SSSR count). The molecular formula is C12H17NO2. The smallest absolute Gasteiger partial charge is 0.258 e. The van der Waals surface area contributed by atoms with Crippen molar-refractivity contribution in [3.8, 4) is 0 Å². The number of unbranched alkanes of at least 4 members (excludes halogenated alkanes) is 3. The van der Waals surface area contributed by atoms with Crippen LogP contribution in [0.2, 0.25) is 0 Å². The van der Waals surface area contributed by atoms with Gasteiger partial charge < -0.3 is 0 Å². The van der Waals surface area contributed by atoms with E-state index in [-0.39, 0.29) is 10.6 Å². The molecule has 1 aromatic rings. The summed E-state index contributed by atoms with van der Waals surface area (Å²) in [5, 5.41) is 10.5. The SMILES string of the molecule is CCCCCCc1cccc([N+](=O)[O-])c1. The topological polar surface area (TPSA) is 43.1 Å². The number of hydrogen-bond donors (Lipinski definition) is 0. The number of nitro benzene ring substituents is 1. The Morgan fingerprint density at radius 2 is 2.07 bits per heavy atom. The lowest BCUT2D eigenvalue weighted by atomic mass is 10.1. The van der Waals surface area contributed by atoms with Crippen LogP contribution in [0, 0.1) is 10.1 Å². The quantitative estimate of drug-likeness (QED) is 0.405. The number of hydrogen-bond acceptors (Lipinski definition) is 2. The minimum Gasteiger partial charge on any atom is -0.258 e. The van der Waals surface area contributed by atoms with Crippen LogP contribution in [0.15, 0.2) is 24.3 Å². The number of aryl methyl sites for hydroxylation is 1. The van der Waals surface area contributed by atoms with Crippen molar-refractivity contribution in [2.24, 2.45) is 0 Å². The van der Waals surface area contributed by atoms with Gasteiger partial charge >= 0.3 is 0 Å². The standard InChI is InChI=1S/C12H17NO2/c1-2-3-4-5-7-11-8-6-9-12(10-11)13(14)15/h6,8-10H,2-5,7H2,1H3. The molecule has 82 valence electrons. The van der Waals surface area contributed by atoms with Crippen LogP contribution in [-0.2, 0) is 6.42 Å². The molecule has 0 amide bonds. The second-order valence-corrected chi connectivity index (χ2v) is 3.74. The molecule has 0 aromatic heterocycles. The summed E-state index contributed by atoms with van der Waals surface area (Å²) in [6.45, 7) is 2.17. The number of nitro groups is 1. The Kier molecular flexibility index (Phi) is 4.81. The normalized spacial score (nSPS) is 10.2. The Morgan fingerprint density at radius 1 is 1.27 bits per heavy atom. The molecular weight excluding hydrogens is 190 g/mol. The zero-order valence-corrected chi connectivity index (χ0v) is 9.11. The highest BCUT2D eigenvalue weighted by Gasteiger charge is 2.04. The zero-order chi connectivity index (χ0) is 11.1. The predicted molar refractivity (Wildman–Crippen MR) is 60.9 cm³/mol. The van der Waals surface area contributed by atoms with E-state index in [2.05, 4.69) is 6.92 Å². The van der Waals surface area contributed by atoms with E-state index in [0.717, 1.165) is 18.4 Å². The monoisotopic (exact) mass is 207 g/mol. The molecule has 0 aliphatic rings. The molecule has 0 saturated heterocycles. The maximum Gasteiger partial charge on any atom is 0.269 e. The minimum absolute atomic E-state index is 0.197. The highest BCUT2D eigenvalue weighted by molar-refractivity contribution is 5.34. The van der Waals surface area contributed by atoms with Crippen molar-refractivity contribution in [3.63, 3.8) is 0 Å². The highest BCUT2D eigenvalue weighted by Crippen LogP contribution is 2.15. The first-order valence-electron chi connectivity index (χ1n) is 5.47. The molecule has 0 N–H and O–H groups in total. The molecule has 0 fully saturated rings. The molecule has 0 bridgehead atoms. The van der Waals surface area contributed by atoms with E-state index in [0.29, 0.717) is 0 Å². The summed E-state index contributed by atoms with van der Waals surface area (Å²) in [5.74, 6) is 0. The minimum atomic E-state index is -0.338. The van der Waals surface area contributed by atoms with Gasteiger partial charge in [0.15, 0.2) is 0 Å². The summed E-state index contributed by atoms with van der Waals surface area (Å²) in [4.78, 5) is 10.2. The lowest BCUT2D eigenvalue weighted by Gasteiger charge is -2.00. The third kappa shape index (κ3) is 4.11. The van der Waals surface area contributed by atoms with Gasteiger partial charge in [0.1, 0.15) is 0 Å². The predicted octanol–water partition coefficient (Wildman–Crippen LogP) is 3.72. The first-order chi connectivity index (χ1) is 7.24. The summed E-state index contributed by atoms with van der Waals surface area (Å²) in [5.41, 5.74) is 1.27. The molecule has 3 nitrogen and oxygen atoms in total. The van der Waals surface area contributed by atoms with Gasteiger partial charge in [0, 0.05) is 12.1 Å². The molecule has 15 heavy (non-hydrogen) atoms. The van der Waals surface area contributed by atoms with Crippen LogP contribution in [0.3, 0.4) is 0 Å². The van der Waals surface area contributed by atoms with Gasteiger partial charge in [0.05, 0.1) is 4.92 Å². The van der Waals surface area contributed by atoms with E-state index in [1.54, 1.807) is 12.1 Å². The Morgan fingerprint density at radius 3 is 2.73 bits per heavy atom. The molecule has 0 unspecified atom stereocenters. The molecule has 3 heteroatoms. The van der Waals surface area contributed by atoms with Crippen LogP contribution < -0.4 is 0 Å². The third-order valence-corrected chi connectivity index (χ3v) is 2.44. The van der Waals surface area contributed by atoms with Gasteiger partial charge in [-0.05, 0) is 18.4 Å². The van der Waals surface area contributed by atoms with Gasteiger partial charge in [0.25, 0.3) is 5.69 Å². The van der Waals surface area contributed by atoms with Crippen molar-refractivity contribution < 1.29 is 4.92 Å². The van der Waals surface area contributed by atoms with Crippen LogP contribution in [0.1, 0.15) is 38.2 Å². The molecule has 0 spiro atoms. The first kappa shape index (κ1) is 11.7. The van der Waals surface area contributed by atoms with Crippen molar-refractivity contribution in [1.82, 2.24) is 0 Å². The van der Waals surface area contributed by atoms with E-state index >= 15 is 0 Å². The van der Waals surface area contributed by atoms with Crippen molar-refractivity contribution in [2.45, 2.75) is 39.0 Å². The van der Waals surface area contributed by atoms with Crippen LogP contribution >= 0.6 is 0 Å². The van der Waals surface area contributed by atoms with Gasteiger partial charge in [0.2, 0.25) is 0 Å². The Labute approximate surface area is 90.3 Å². The molecule has 0 aliphatic heterocycles. The second-order valence-electron chi connectivity index (χ2n) is 3.74. The van der Waals surface area contributed by atoms with E-state index in [4.69, 9.17) is 0 Å². The molecule has 0 aliphatic carbocycles. The first-order valence-corrected chi connectivity index (χ1v) is 5.47. The zero-order valence-electron chi connectivity index (χ0n) is 9.11. The number of non-ortho nitro benzene ring substituents is 1. The van der Waals surface area contributed by atoms with E-state index < -0.39 is 0 Å². The average Bonchev–Trinajstić information content (AvgIpc) is 2.25. The lowest BCUT2D eigenvalue weighted by molar-refractivity contribution is -0.384. The Hall–Kier alpha value is -1.38. The van der Waals surface area contributed by atoms with E-state index in [1.807, 2.05) is 6.07 Å². The van der Waals surface area contributed by atoms with Gasteiger partial charge in [-0.1, -0.05) is 38.3 Å². The number of rotatable bonds is 6. The van der Waals surface area contributed by atoms with Gasteiger partial charge in [-0.15, -0.1) is 0 Å². The average molecular weight is 207 g/mol. The lowest BCUT2D eigenvalue weighted by Crippen LogP contribution is -1.91. The Bertz CT molecular complexity index is 323. The van der Waals surface area contributed by atoms with Crippen molar-refractivity contribution >= 4 is 5.69 Å². The van der Waals surface area contributed by atoms with E-state index in [9.17, 15) is 10.1 Å².